The van der Waals surface area contributed by atoms with Crippen LogP contribution in [0.2, 0.25) is 0 Å². The summed E-state index contributed by atoms with van der Waals surface area (Å²) in [5.74, 6) is 0.514. The topological polar surface area (TPSA) is 76.7 Å². The molecule has 2 aromatic rings. The Labute approximate surface area is 139 Å². The highest BCUT2D eigenvalue weighted by Gasteiger charge is 2.12. The predicted octanol–water partition coefficient (Wildman–Crippen LogP) is 2.20. The molecule has 0 radical (unpaired) electrons. The molecule has 6 nitrogen and oxygen atoms in total. The first-order valence-electron chi connectivity index (χ1n) is 7.36. The molecule has 1 aliphatic rings. The number of hydrogen-bond acceptors (Lipinski definition) is 4. The number of ether oxygens (including phenoxy) is 2. The summed E-state index contributed by atoms with van der Waals surface area (Å²) >= 11 is 0. The first-order valence-corrected chi connectivity index (χ1v) is 7.36. The Hall–Kier alpha value is -3.28. The van der Waals surface area contributed by atoms with Gasteiger partial charge in [0.05, 0.1) is 0 Å². The van der Waals surface area contributed by atoms with E-state index in [1.54, 1.807) is 30.3 Å². The number of amides is 2. The number of hydrazine groups is 1. The Balaban J connectivity index is 1.53. The van der Waals surface area contributed by atoms with Crippen LogP contribution in [0.1, 0.15) is 21.5 Å². The van der Waals surface area contributed by atoms with Gasteiger partial charge in [0.25, 0.3) is 11.8 Å². The number of benzene rings is 2. The van der Waals surface area contributed by atoms with E-state index in [2.05, 4.69) is 10.9 Å². The molecule has 0 atom stereocenters. The summed E-state index contributed by atoms with van der Waals surface area (Å²) in [5.41, 5.74) is 7.02. The monoisotopic (exact) mass is 324 g/mol. The minimum absolute atomic E-state index is 0.202. The second-order valence-corrected chi connectivity index (χ2v) is 5.26. The molecule has 0 spiro atoms. The van der Waals surface area contributed by atoms with Crippen molar-refractivity contribution in [2.24, 2.45) is 0 Å². The number of aryl methyl sites for hydroxylation is 1. The molecule has 6 heteroatoms. The minimum Gasteiger partial charge on any atom is -0.454 e. The van der Waals surface area contributed by atoms with Crippen LogP contribution in [0.3, 0.4) is 0 Å². The van der Waals surface area contributed by atoms with Crippen molar-refractivity contribution in [2.45, 2.75) is 6.92 Å². The Kier molecular flexibility index (Phi) is 4.47. The van der Waals surface area contributed by atoms with Gasteiger partial charge in [0.1, 0.15) is 0 Å². The van der Waals surface area contributed by atoms with Crippen LogP contribution in [0.5, 0.6) is 11.5 Å². The molecule has 2 amide bonds. The molecule has 0 saturated heterocycles. The van der Waals surface area contributed by atoms with Gasteiger partial charge in [-0.15, -0.1) is 0 Å². The highest BCUT2D eigenvalue weighted by Crippen LogP contribution is 2.32. The number of rotatable bonds is 3. The van der Waals surface area contributed by atoms with Gasteiger partial charge in [0.2, 0.25) is 6.79 Å². The average molecular weight is 324 g/mol. The molecule has 0 fully saturated rings. The molecule has 0 bridgehead atoms. The van der Waals surface area contributed by atoms with E-state index < -0.39 is 5.91 Å². The lowest BCUT2D eigenvalue weighted by atomic mass is 10.1. The lowest BCUT2D eigenvalue weighted by Crippen LogP contribution is -2.40. The molecule has 24 heavy (non-hydrogen) atoms. The van der Waals surface area contributed by atoms with E-state index in [0.29, 0.717) is 17.1 Å². The van der Waals surface area contributed by atoms with Gasteiger partial charge in [0.15, 0.2) is 11.5 Å². The van der Waals surface area contributed by atoms with Gasteiger partial charge >= 0.3 is 0 Å². The van der Waals surface area contributed by atoms with E-state index in [9.17, 15) is 9.59 Å². The van der Waals surface area contributed by atoms with Gasteiger partial charge in [-0.05, 0) is 42.8 Å². The number of nitrogens with one attached hydrogen (secondary N) is 2. The third kappa shape index (κ3) is 3.73. The van der Waals surface area contributed by atoms with Gasteiger partial charge in [-0.2, -0.15) is 0 Å². The van der Waals surface area contributed by atoms with Crippen LogP contribution < -0.4 is 20.3 Å². The summed E-state index contributed by atoms with van der Waals surface area (Å²) in [5, 5.41) is 0. The van der Waals surface area contributed by atoms with Gasteiger partial charge < -0.3 is 9.47 Å². The first kappa shape index (κ1) is 15.6. The second-order valence-electron chi connectivity index (χ2n) is 5.26. The maximum absolute atomic E-state index is 11.9. The van der Waals surface area contributed by atoms with Gasteiger partial charge in [-0.3, -0.25) is 20.4 Å². The van der Waals surface area contributed by atoms with E-state index in [1.807, 2.05) is 25.1 Å². The largest absolute Gasteiger partial charge is 0.454 e. The maximum atomic E-state index is 11.9. The van der Waals surface area contributed by atoms with Crippen molar-refractivity contribution in [3.63, 3.8) is 0 Å². The fourth-order valence-corrected chi connectivity index (χ4v) is 2.13. The summed E-state index contributed by atoms with van der Waals surface area (Å²) < 4.78 is 10.5. The third-order valence-electron chi connectivity index (χ3n) is 3.44. The zero-order chi connectivity index (χ0) is 16.9. The zero-order valence-corrected chi connectivity index (χ0v) is 13.0. The van der Waals surface area contributed by atoms with Crippen molar-refractivity contribution >= 4 is 17.9 Å². The third-order valence-corrected chi connectivity index (χ3v) is 3.44. The van der Waals surface area contributed by atoms with Crippen molar-refractivity contribution < 1.29 is 19.1 Å². The van der Waals surface area contributed by atoms with Crippen LogP contribution in [0.15, 0.2) is 48.5 Å². The molecule has 0 unspecified atom stereocenters. The Morgan fingerprint density at radius 2 is 1.75 bits per heavy atom. The SMILES string of the molecule is Cc1ccc(C(=O)NNC(=O)/C=C/c2ccc3c(c2)OCO3)cc1. The van der Waals surface area contributed by atoms with Crippen LogP contribution >= 0.6 is 0 Å². The highest BCUT2D eigenvalue weighted by atomic mass is 16.7. The van der Waals surface area contributed by atoms with Crippen molar-refractivity contribution in [3.05, 3.63) is 65.2 Å². The Morgan fingerprint density at radius 1 is 1.00 bits per heavy atom. The lowest BCUT2D eigenvalue weighted by Gasteiger charge is -2.05. The maximum Gasteiger partial charge on any atom is 0.269 e. The van der Waals surface area contributed by atoms with Crippen molar-refractivity contribution in [3.8, 4) is 11.5 Å². The Morgan fingerprint density at radius 3 is 2.54 bits per heavy atom. The van der Waals surface area contributed by atoms with Gasteiger partial charge in [0, 0.05) is 11.6 Å². The summed E-state index contributed by atoms with van der Waals surface area (Å²) in [6.07, 6.45) is 2.95. The second kappa shape index (κ2) is 6.87. The average Bonchev–Trinajstić information content (AvgIpc) is 3.06. The van der Waals surface area contributed by atoms with E-state index in [0.717, 1.165) is 11.1 Å². The molecule has 0 aliphatic carbocycles. The number of carbonyl (C=O) groups is 2. The molecule has 3 rings (SSSR count). The van der Waals surface area contributed by atoms with E-state index in [1.165, 1.54) is 6.08 Å². The van der Waals surface area contributed by atoms with E-state index >= 15 is 0 Å². The lowest BCUT2D eigenvalue weighted by molar-refractivity contribution is -0.117. The molecule has 0 aromatic heterocycles. The normalized spacial score (nSPS) is 12.2. The summed E-state index contributed by atoms with van der Waals surface area (Å²) in [7, 11) is 0. The van der Waals surface area contributed by atoms with Crippen molar-refractivity contribution in [1.82, 2.24) is 10.9 Å². The molecular formula is C18H16N2O4. The quantitative estimate of drug-likeness (QED) is 0.670. The van der Waals surface area contributed by atoms with E-state index in [4.69, 9.17) is 9.47 Å². The van der Waals surface area contributed by atoms with Crippen molar-refractivity contribution in [2.75, 3.05) is 6.79 Å². The molecule has 1 aliphatic heterocycles. The summed E-state index contributed by atoms with van der Waals surface area (Å²) in [6.45, 7) is 2.14. The molecule has 1 heterocycles. The molecule has 0 saturated carbocycles. The van der Waals surface area contributed by atoms with Crippen LogP contribution in [0, 0.1) is 6.92 Å². The molecule has 2 aromatic carbocycles. The summed E-state index contributed by atoms with van der Waals surface area (Å²) in [4.78, 5) is 23.7. The fraction of sp³-hybridized carbons (Fsp3) is 0.111. The number of carbonyl (C=O) groups excluding carboxylic acids is 2. The molecule has 122 valence electrons. The van der Waals surface area contributed by atoms with Crippen molar-refractivity contribution in [1.29, 1.82) is 0 Å². The van der Waals surface area contributed by atoms with Crippen LogP contribution in [-0.4, -0.2) is 18.6 Å². The van der Waals surface area contributed by atoms with Crippen LogP contribution in [-0.2, 0) is 4.79 Å². The van der Waals surface area contributed by atoms with Crippen LogP contribution in [0.4, 0.5) is 0 Å². The smallest absolute Gasteiger partial charge is 0.269 e. The van der Waals surface area contributed by atoms with Crippen LogP contribution in [0.25, 0.3) is 6.08 Å². The molecule has 2 N–H and O–H groups in total. The Bertz CT molecular complexity index is 797. The minimum atomic E-state index is -0.437. The van der Waals surface area contributed by atoms with Gasteiger partial charge in [-0.1, -0.05) is 23.8 Å². The van der Waals surface area contributed by atoms with Gasteiger partial charge in [-0.25, -0.2) is 0 Å². The number of hydrogen-bond donors (Lipinski definition) is 2. The standard InChI is InChI=1S/C18H16N2O4/c1-12-2-6-14(7-3-12)18(22)20-19-17(21)9-5-13-4-8-15-16(10-13)24-11-23-15/h2-10H,11H2,1H3,(H,19,21)(H,20,22)/b9-5+. The first-order chi connectivity index (χ1) is 11.6. The predicted molar refractivity (Wildman–Crippen MR) is 88.4 cm³/mol. The van der Waals surface area contributed by atoms with E-state index in [-0.39, 0.29) is 12.7 Å². The molecular weight excluding hydrogens is 308 g/mol. The zero-order valence-electron chi connectivity index (χ0n) is 13.0. The highest BCUT2D eigenvalue weighted by molar-refractivity contribution is 5.97. The fourth-order valence-electron chi connectivity index (χ4n) is 2.13. The number of fused-ring (bicyclic) bond motifs is 1. The summed E-state index contributed by atoms with van der Waals surface area (Å²) in [6, 6.07) is 12.4.